The number of halogens is 1. The molecule has 17 heavy (non-hydrogen) atoms. The second-order valence-electron chi connectivity index (χ2n) is 4.33. The maximum absolute atomic E-state index is 12.1. The highest BCUT2D eigenvalue weighted by Crippen LogP contribution is 2.15. The molecular weight excluding hydrogens is 238 g/mol. The van der Waals surface area contributed by atoms with Gasteiger partial charge < -0.3 is 9.64 Å². The lowest BCUT2D eigenvalue weighted by Gasteiger charge is -2.20. The fourth-order valence-electron chi connectivity index (χ4n) is 1.99. The third-order valence-electron chi connectivity index (χ3n) is 2.94. The van der Waals surface area contributed by atoms with E-state index in [0.29, 0.717) is 17.1 Å². The smallest absolute Gasteiger partial charge is 0.253 e. The Hall–Kier alpha value is -1.06. The van der Waals surface area contributed by atoms with Crippen molar-refractivity contribution in [2.45, 2.75) is 18.9 Å². The van der Waals surface area contributed by atoms with Gasteiger partial charge in [0.25, 0.3) is 5.91 Å². The van der Waals surface area contributed by atoms with E-state index >= 15 is 0 Å². The molecule has 0 aliphatic carbocycles. The van der Waals surface area contributed by atoms with Gasteiger partial charge in [-0.25, -0.2) is 0 Å². The minimum absolute atomic E-state index is 0.0113. The Balaban J connectivity index is 1.96. The number of ether oxygens (including phenoxy) is 1. The number of hydrogen-bond donors (Lipinski definition) is 0. The van der Waals surface area contributed by atoms with Crippen molar-refractivity contribution in [2.75, 3.05) is 20.2 Å². The maximum atomic E-state index is 12.1. The van der Waals surface area contributed by atoms with Gasteiger partial charge in [0.1, 0.15) is 0 Å². The molecule has 1 heterocycles. The van der Waals surface area contributed by atoms with E-state index in [2.05, 4.69) is 0 Å². The Morgan fingerprint density at radius 3 is 2.76 bits per heavy atom. The first-order valence-electron chi connectivity index (χ1n) is 5.79. The zero-order chi connectivity index (χ0) is 12.3. The van der Waals surface area contributed by atoms with Crippen molar-refractivity contribution in [1.29, 1.82) is 0 Å². The van der Waals surface area contributed by atoms with Gasteiger partial charge in [-0.2, -0.15) is 0 Å². The monoisotopic (exact) mass is 253 g/mol. The molecular formula is C13H16ClNO2. The van der Waals surface area contributed by atoms with E-state index in [1.54, 1.807) is 36.2 Å². The van der Waals surface area contributed by atoms with Crippen LogP contribution in [0, 0.1) is 0 Å². The molecule has 0 aromatic heterocycles. The normalized spacial score (nSPS) is 19.3. The fraction of sp³-hybridized carbons (Fsp3) is 0.462. The Bertz CT molecular complexity index is 385. The van der Waals surface area contributed by atoms with Gasteiger partial charge in [-0.1, -0.05) is 11.6 Å². The average Bonchev–Trinajstić information content (AvgIpc) is 2.82. The lowest BCUT2D eigenvalue weighted by atomic mass is 10.2. The van der Waals surface area contributed by atoms with E-state index < -0.39 is 0 Å². The lowest BCUT2D eigenvalue weighted by molar-refractivity contribution is 0.0587. The largest absolute Gasteiger partial charge is 0.376 e. The molecule has 4 heteroatoms. The molecule has 1 aliphatic rings. The fourth-order valence-corrected chi connectivity index (χ4v) is 2.12. The van der Waals surface area contributed by atoms with E-state index in [1.807, 2.05) is 0 Å². The Labute approximate surface area is 106 Å². The van der Waals surface area contributed by atoms with Gasteiger partial charge in [0.2, 0.25) is 0 Å². The highest BCUT2D eigenvalue weighted by Gasteiger charge is 2.20. The van der Waals surface area contributed by atoms with Crippen LogP contribution in [0.1, 0.15) is 23.2 Å². The van der Waals surface area contributed by atoms with Crippen LogP contribution in [0.3, 0.4) is 0 Å². The van der Waals surface area contributed by atoms with Crippen molar-refractivity contribution in [3.63, 3.8) is 0 Å². The maximum Gasteiger partial charge on any atom is 0.253 e. The van der Waals surface area contributed by atoms with Crippen LogP contribution in [0.25, 0.3) is 0 Å². The first kappa shape index (κ1) is 12.4. The number of amides is 1. The van der Waals surface area contributed by atoms with Gasteiger partial charge in [0.05, 0.1) is 6.10 Å². The molecule has 92 valence electrons. The summed E-state index contributed by atoms with van der Waals surface area (Å²) in [5.74, 6) is 0.0113. The highest BCUT2D eigenvalue weighted by molar-refractivity contribution is 6.30. The van der Waals surface area contributed by atoms with Crippen LogP contribution >= 0.6 is 11.6 Å². The van der Waals surface area contributed by atoms with E-state index in [-0.39, 0.29) is 12.0 Å². The number of likely N-dealkylation sites (N-methyl/N-ethyl adjacent to an activating group) is 1. The standard InChI is InChI=1S/C13H16ClNO2/c1-15(9-12-3-2-8-17-12)13(16)10-4-6-11(14)7-5-10/h4-7,12H,2-3,8-9H2,1H3. The van der Waals surface area contributed by atoms with Crippen molar-refractivity contribution in [3.05, 3.63) is 34.9 Å². The summed E-state index contributed by atoms with van der Waals surface area (Å²) in [6.07, 6.45) is 2.32. The van der Waals surface area contributed by atoms with Crippen LogP contribution in [-0.2, 0) is 4.74 Å². The average molecular weight is 254 g/mol. The zero-order valence-corrected chi connectivity index (χ0v) is 10.6. The van der Waals surface area contributed by atoms with E-state index in [9.17, 15) is 4.79 Å². The molecule has 1 aromatic carbocycles. The topological polar surface area (TPSA) is 29.5 Å². The summed E-state index contributed by atoms with van der Waals surface area (Å²) in [5, 5.41) is 0.642. The molecule has 1 aromatic rings. The Morgan fingerprint density at radius 1 is 1.47 bits per heavy atom. The second kappa shape index (κ2) is 5.52. The summed E-state index contributed by atoms with van der Waals surface area (Å²) in [7, 11) is 1.80. The molecule has 1 atom stereocenters. The summed E-state index contributed by atoms with van der Waals surface area (Å²) in [6, 6.07) is 6.96. The van der Waals surface area contributed by atoms with Gasteiger partial charge in [0.15, 0.2) is 0 Å². The van der Waals surface area contributed by atoms with Gasteiger partial charge in [-0.05, 0) is 37.1 Å². The third kappa shape index (κ3) is 3.20. The van der Waals surface area contributed by atoms with Crippen LogP contribution < -0.4 is 0 Å². The summed E-state index contributed by atoms with van der Waals surface area (Å²) >= 11 is 5.79. The summed E-state index contributed by atoms with van der Waals surface area (Å²) in [5.41, 5.74) is 0.662. The number of hydrogen-bond acceptors (Lipinski definition) is 2. The molecule has 0 bridgehead atoms. The molecule has 0 spiro atoms. The van der Waals surface area contributed by atoms with Crippen LogP contribution in [0.15, 0.2) is 24.3 Å². The summed E-state index contributed by atoms with van der Waals surface area (Å²) in [6.45, 7) is 1.47. The highest BCUT2D eigenvalue weighted by atomic mass is 35.5. The molecule has 3 nitrogen and oxygen atoms in total. The number of nitrogens with zero attached hydrogens (tertiary/aromatic N) is 1. The van der Waals surface area contributed by atoms with Gasteiger partial charge in [-0.3, -0.25) is 4.79 Å². The van der Waals surface area contributed by atoms with Gasteiger partial charge in [0, 0.05) is 30.8 Å². The van der Waals surface area contributed by atoms with Crippen molar-refractivity contribution >= 4 is 17.5 Å². The van der Waals surface area contributed by atoms with E-state index in [1.165, 1.54) is 0 Å². The predicted molar refractivity (Wildman–Crippen MR) is 67.4 cm³/mol. The second-order valence-corrected chi connectivity index (χ2v) is 4.76. The quantitative estimate of drug-likeness (QED) is 0.829. The molecule has 0 N–H and O–H groups in total. The molecule has 1 amide bonds. The number of rotatable bonds is 3. The molecule has 0 saturated carbocycles. The Morgan fingerprint density at radius 2 is 2.18 bits per heavy atom. The lowest BCUT2D eigenvalue weighted by Crippen LogP contribution is -2.34. The molecule has 1 saturated heterocycles. The SMILES string of the molecule is CN(CC1CCCO1)C(=O)c1ccc(Cl)cc1. The Kier molecular flexibility index (Phi) is 4.02. The van der Waals surface area contributed by atoms with Crippen LogP contribution in [0.4, 0.5) is 0 Å². The van der Waals surface area contributed by atoms with Crippen molar-refractivity contribution in [3.8, 4) is 0 Å². The molecule has 1 unspecified atom stereocenters. The third-order valence-corrected chi connectivity index (χ3v) is 3.19. The first-order chi connectivity index (χ1) is 8.16. The van der Waals surface area contributed by atoms with E-state index in [4.69, 9.17) is 16.3 Å². The van der Waals surface area contributed by atoms with E-state index in [0.717, 1.165) is 19.4 Å². The minimum atomic E-state index is 0.0113. The van der Waals surface area contributed by atoms with Crippen LogP contribution in [0.2, 0.25) is 5.02 Å². The number of carbonyl (C=O) groups excluding carboxylic acids is 1. The number of carbonyl (C=O) groups is 1. The zero-order valence-electron chi connectivity index (χ0n) is 9.86. The van der Waals surface area contributed by atoms with Crippen LogP contribution in [-0.4, -0.2) is 37.1 Å². The van der Waals surface area contributed by atoms with Crippen LogP contribution in [0.5, 0.6) is 0 Å². The molecule has 0 radical (unpaired) electrons. The molecule has 2 rings (SSSR count). The number of benzene rings is 1. The van der Waals surface area contributed by atoms with Gasteiger partial charge >= 0.3 is 0 Å². The molecule has 1 aliphatic heterocycles. The summed E-state index contributed by atoms with van der Waals surface area (Å²) in [4.78, 5) is 13.8. The van der Waals surface area contributed by atoms with Crippen molar-refractivity contribution in [1.82, 2.24) is 4.90 Å². The molecule has 1 fully saturated rings. The van der Waals surface area contributed by atoms with Gasteiger partial charge in [-0.15, -0.1) is 0 Å². The summed E-state index contributed by atoms with van der Waals surface area (Å²) < 4.78 is 5.51. The minimum Gasteiger partial charge on any atom is -0.376 e. The first-order valence-corrected chi connectivity index (χ1v) is 6.17. The van der Waals surface area contributed by atoms with Crippen molar-refractivity contribution < 1.29 is 9.53 Å². The predicted octanol–water partition coefficient (Wildman–Crippen LogP) is 2.59. The van der Waals surface area contributed by atoms with Crippen molar-refractivity contribution in [2.24, 2.45) is 0 Å².